The SMILES string of the molecule is C=C(NCC)c1ccc2c(c1)CCc1cc(C(=O)NCC)ccc1C2(C[C@@H](NCC(=O)N1CCCC1C#N)C1CC1)c1nn[nH]n1. The van der Waals surface area contributed by atoms with Gasteiger partial charge in [-0.15, -0.1) is 10.2 Å². The standard InChI is InChI=1S/C35H43N9O2/c1-4-37-22(3)24-12-14-29-25(17-24)10-11-26-18-27(33(46)38-5-2)13-15-30(26)35(29,34-40-42-43-41-34)19-31(23-8-9-23)39-21-32(45)44-16-6-7-28(44)20-36/h12-15,17-18,23,28,31,37,39H,3-11,16,19,21H2,1-2H3,(H,38,46)(H,40,41,42,43)/t28?,31-,35?/m1/s1. The normalized spacial score (nSPS) is 21.0. The highest BCUT2D eigenvalue weighted by Crippen LogP contribution is 2.49. The van der Waals surface area contributed by atoms with Crippen molar-refractivity contribution in [3.63, 3.8) is 0 Å². The highest BCUT2D eigenvalue weighted by Gasteiger charge is 2.48. The van der Waals surface area contributed by atoms with Crippen LogP contribution in [-0.4, -0.2) is 75.6 Å². The molecule has 2 aromatic carbocycles. The van der Waals surface area contributed by atoms with Gasteiger partial charge in [-0.25, -0.2) is 0 Å². The number of nitriles is 1. The fourth-order valence-electron chi connectivity index (χ4n) is 7.40. The van der Waals surface area contributed by atoms with Gasteiger partial charge in [-0.1, -0.05) is 30.0 Å². The number of H-pyrrole nitrogens is 1. The predicted octanol–water partition coefficient (Wildman–Crippen LogP) is 3.24. The van der Waals surface area contributed by atoms with Crippen LogP contribution in [-0.2, 0) is 23.1 Å². The zero-order chi connectivity index (χ0) is 32.3. The summed E-state index contributed by atoms with van der Waals surface area (Å²) in [6, 6.07) is 14.4. The van der Waals surface area contributed by atoms with E-state index in [0.29, 0.717) is 36.8 Å². The highest BCUT2D eigenvalue weighted by molar-refractivity contribution is 5.94. The third-order valence-corrected chi connectivity index (χ3v) is 9.81. The van der Waals surface area contributed by atoms with E-state index in [2.05, 4.69) is 80.4 Å². The number of carbonyl (C=O) groups is 2. The molecule has 0 bridgehead atoms. The van der Waals surface area contributed by atoms with E-state index in [0.717, 1.165) is 78.6 Å². The lowest BCUT2D eigenvalue weighted by atomic mass is 9.67. The molecule has 0 spiro atoms. The Morgan fingerprint density at radius 3 is 2.39 bits per heavy atom. The first-order chi connectivity index (χ1) is 22.4. The molecule has 11 heteroatoms. The number of nitrogens with zero attached hydrogens (tertiary/aromatic N) is 5. The number of rotatable bonds is 12. The summed E-state index contributed by atoms with van der Waals surface area (Å²) < 4.78 is 0. The molecule has 6 rings (SSSR count). The van der Waals surface area contributed by atoms with Crippen molar-refractivity contribution in [2.24, 2.45) is 5.92 Å². The van der Waals surface area contributed by atoms with Gasteiger partial charge in [-0.05, 0) is 111 Å². The number of aryl methyl sites for hydroxylation is 2. The molecule has 1 saturated carbocycles. The van der Waals surface area contributed by atoms with E-state index in [1.165, 1.54) is 0 Å². The zero-order valence-electron chi connectivity index (χ0n) is 26.7. The molecule has 3 aliphatic rings. The van der Waals surface area contributed by atoms with Crippen molar-refractivity contribution in [3.05, 3.63) is 82.2 Å². The molecule has 1 aliphatic heterocycles. The summed E-state index contributed by atoms with van der Waals surface area (Å²) >= 11 is 0. The minimum absolute atomic E-state index is 0.0242. The van der Waals surface area contributed by atoms with Gasteiger partial charge in [-0.3, -0.25) is 9.59 Å². The number of amides is 2. The smallest absolute Gasteiger partial charge is 0.251 e. The van der Waals surface area contributed by atoms with E-state index in [9.17, 15) is 14.9 Å². The van der Waals surface area contributed by atoms with Crippen molar-refractivity contribution >= 4 is 17.5 Å². The van der Waals surface area contributed by atoms with Crippen LogP contribution in [0.3, 0.4) is 0 Å². The minimum atomic E-state index is -0.807. The fraction of sp³-hybridized carbons (Fsp3) is 0.486. The Labute approximate surface area is 270 Å². The molecule has 0 radical (unpaired) electrons. The topological polar surface area (TPSA) is 152 Å². The summed E-state index contributed by atoms with van der Waals surface area (Å²) in [4.78, 5) is 28.0. The second-order valence-corrected chi connectivity index (χ2v) is 12.7. The minimum Gasteiger partial charge on any atom is -0.385 e. The largest absolute Gasteiger partial charge is 0.385 e. The van der Waals surface area contributed by atoms with Crippen molar-refractivity contribution in [3.8, 4) is 6.07 Å². The molecule has 1 aromatic heterocycles. The Kier molecular flexibility index (Phi) is 9.17. The van der Waals surface area contributed by atoms with Crippen molar-refractivity contribution in [1.29, 1.82) is 5.26 Å². The second kappa shape index (κ2) is 13.4. The number of nitrogens with one attached hydrogen (secondary N) is 4. The number of fused-ring (bicyclic) bond motifs is 2. The number of benzene rings is 2. The molecule has 46 heavy (non-hydrogen) atoms. The lowest BCUT2D eigenvalue weighted by Crippen LogP contribution is -2.47. The second-order valence-electron chi connectivity index (χ2n) is 12.7. The molecule has 2 heterocycles. The van der Waals surface area contributed by atoms with Gasteiger partial charge in [0.1, 0.15) is 6.04 Å². The van der Waals surface area contributed by atoms with Crippen molar-refractivity contribution in [2.45, 2.75) is 76.3 Å². The molecule has 3 aromatic rings. The molecular formula is C35H43N9O2. The van der Waals surface area contributed by atoms with Gasteiger partial charge < -0.3 is 20.9 Å². The van der Waals surface area contributed by atoms with Crippen LogP contribution in [0.5, 0.6) is 0 Å². The molecule has 240 valence electrons. The maximum absolute atomic E-state index is 13.3. The molecular weight excluding hydrogens is 578 g/mol. The quantitative estimate of drug-likeness (QED) is 0.241. The summed E-state index contributed by atoms with van der Waals surface area (Å²) in [5.74, 6) is 0.807. The van der Waals surface area contributed by atoms with Gasteiger partial charge in [0.15, 0.2) is 5.82 Å². The van der Waals surface area contributed by atoms with Gasteiger partial charge in [0.2, 0.25) is 5.91 Å². The third kappa shape index (κ3) is 6.01. The summed E-state index contributed by atoms with van der Waals surface area (Å²) in [5.41, 5.74) is 6.07. The van der Waals surface area contributed by atoms with E-state index < -0.39 is 5.41 Å². The first kappa shape index (κ1) is 31.4. The predicted molar refractivity (Wildman–Crippen MR) is 175 cm³/mol. The number of tetrazole rings is 1. The van der Waals surface area contributed by atoms with Gasteiger partial charge in [0.05, 0.1) is 18.0 Å². The van der Waals surface area contributed by atoms with E-state index in [-0.39, 0.29) is 30.4 Å². The van der Waals surface area contributed by atoms with Gasteiger partial charge >= 0.3 is 0 Å². The monoisotopic (exact) mass is 621 g/mol. The first-order valence-electron chi connectivity index (χ1n) is 16.5. The van der Waals surface area contributed by atoms with Crippen molar-refractivity contribution in [2.75, 3.05) is 26.2 Å². The van der Waals surface area contributed by atoms with E-state index in [1.807, 2.05) is 19.1 Å². The lowest BCUT2D eigenvalue weighted by molar-refractivity contribution is -0.130. The molecule has 2 amide bonds. The van der Waals surface area contributed by atoms with Crippen LogP contribution in [0.2, 0.25) is 0 Å². The number of hydrogen-bond donors (Lipinski definition) is 4. The van der Waals surface area contributed by atoms with Gasteiger partial charge in [-0.2, -0.15) is 10.5 Å². The summed E-state index contributed by atoms with van der Waals surface area (Å²) in [5, 5.41) is 35.5. The van der Waals surface area contributed by atoms with Gasteiger partial charge in [0, 0.05) is 36.9 Å². The zero-order valence-corrected chi connectivity index (χ0v) is 26.7. The molecule has 2 unspecified atom stereocenters. The highest BCUT2D eigenvalue weighted by atomic mass is 16.2. The molecule has 2 fully saturated rings. The number of aromatic nitrogens is 4. The molecule has 3 atom stereocenters. The van der Waals surface area contributed by atoms with Crippen LogP contribution in [0, 0.1) is 17.2 Å². The van der Waals surface area contributed by atoms with Crippen LogP contribution in [0.4, 0.5) is 0 Å². The third-order valence-electron chi connectivity index (χ3n) is 9.81. The summed E-state index contributed by atoms with van der Waals surface area (Å²) in [7, 11) is 0. The average molecular weight is 622 g/mol. The van der Waals surface area contributed by atoms with Crippen molar-refractivity contribution in [1.82, 2.24) is 41.5 Å². The molecule has 4 N–H and O–H groups in total. The Morgan fingerprint density at radius 2 is 1.76 bits per heavy atom. The molecule has 11 nitrogen and oxygen atoms in total. The van der Waals surface area contributed by atoms with E-state index >= 15 is 0 Å². The lowest BCUT2D eigenvalue weighted by Gasteiger charge is -2.37. The number of likely N-dealkylation sites (tertiary alicyclic amines) is 1. The van der Waals surface area contributed by atoms with E-state index in [1.54, 1.807) is 4.90 Å². The number of carbonyl (C=O) groups excluding carboxylic acids is 2. The Bertz CT molecular complexity index is 1570. The van der Waals surface area contributed by atoms with Crippen LogP contribution in [0.1, 0.15) is 90.0 Å². The molecule has 2 aliphatic carbocycles. The molecule has 1 saturated heterocycles. The number of aromatic amines is 1. The number of hydrogen-bond acceptors (Lipinski definition) is 8. The Morgan fingerprint density at radius 1 is 1.07 bits per heavy atom. The Hall–Kier alpha value is -4.56. The van der Waals surface area contributed by atoms with Crippen LogP contribution in [0.25, 0.3) is 5.70 Å². The van der Waals surface area contributed by atoms with Crippen LogP contribution in [0.15, 0.2) is 43.0 Å². The van der Waals surface area contributed by atoms with Gasteiger partial charge in [0.25, 0.3) is 5.91 Å². The fourth-order valence-corrected chi connectivity index (χ4v) is 7.40. The Balaban J connectivity index is 1.46. The summed E-state index contributed by atoms with van der Waals surface area (Å²) in [6.07, 6.45) is 5.80. The van der Waals surface area contributed by atoms with Crippen molar-refractivity contribution < 1.29 is 9.59 Å². The maximum atomic E-state index is 13.3. The van der Waals surface area contributed by atoms with Crippen LogP contribution < -0.4 is 16.0 Å². The van der Waals surface area contributed by atoms with E-state index in [4.69, 9.17) is 0 Å². The average Bonchev–Trinajstić information content (AvgIpc) is 3.57. The maximum Gasteiger partial charge on any atom is 0.251 e. The van der Waals surface area contributed by atoms with Crippen LogP contribution >= 0.6 is 0 Å². The first-order valence-corrected chi connectivity index (χ1v) is 16.5. The summed E-state index contributed by atoms with van der Waals surface area (Å²) in [6.45, 7) is 10.3.